The number of hydrogen-bond acceptors (Lipinski definition) is 5. The molecular formula is C23H22N4O2S. The molecule has 0 aliphatic heterocycles. The number of carbonyl (C=O) groups excluding carboxylic acids is 1. The van der Waals surface area contributed by atoms with Crippen LogP contribution in [0.25, 0.3) is 16.5 Å². The molecule has 1 aromatic heterocycles. The second kappa shape index (κ2) is 9.00. The summed E-state index contributed by atoms with van der Waals surface area (Å²) < 4.78 is 7.05. The SMILES string of the molecule is COc1ccc(-n2cnnc2SCC(=O)N[C@@H](C)c2cccc3ccccc23)cc1. The smallest absolute Gasteiger partial charge is 0.230 e. The molecule has 1 amide bonds. The van der Waals surface area contributed by atoms with Crippen molar-refractivity contribution in [2.45, 2.75) is 18.1 Å². The van der Waals surface area contributed by atoms with Gasteiger partial charge in [0.05, 0.1) is 18.9 Å². The van der Waals surface area contributed by atoms with Gasteiger partial charge in [-0.15, -0.1) is 10.2 Å². The lowest BCUT2D eigenvalue weighted by Crippen LogP contribution is -2.28. The Labute approximate surface area is 179 Å². The number of nitrogens with zero attached hydrogens (tertiary/aromatic N) is 3. The fourth-order valence-electron chi connectivity index (χ4n) is 3.36. The molecule has 6 nitrogen and oxygen atoms in total. The second-order valence-corrected chi connectivity index (χ2v) is 7.77. The van der Waals surface area contributed by atoms with Crippen molar-refractivity contribution < 1.29 is 9.53 Å². The number of hydrogen-bond donors (Lipinski definition) is 1. The highest BCUT2D eigenvalue weighted by Gasteiger charge is 2.14. The monoisotopic (exact) mass is 418 g/mol. The van der Waals surface area contributed by atoms with Crippen molar-refractivity contribution >= 4 is 28.4 Å². The first kappa shape index (κ1) is 20.0. The molecule has 0 spiro atoms. The van der Waals surface area contributed by atoms with Crippen molar-refractivity contribution in [3.8, 4) is 11.4 Å². The number of methoxy groups -OCH3 is 1. The maximum absolute atomic E-state index is 12.6. The summed E-state index contributed by atoms with van der Waals surface area (Å²) in [6.07, 6.45) is 1.64. The number of ether oxygens (including phenoxy) is 1. The fourth-order valence-corrected chi connectivity index (χ4v) is 4.10. The number of fused-ring (bicyclic) bond motifs is 1. The first-order valence-electron chi connectivity index (χ1n) is 9.60. The summed E-state index contributed by atoms with van der Waals surface area (Å²) in [6.45, 7) is 2.00. The zero-order valence-electron chi connectivity index (χ0n) is 16.8. The van der Waals surface area contributed by atoms with Crippen LogP contribution < -0.4 is 10.1 Å². The number of nitrogens with one attached hydrogen (secondary N) is 1. The van der Waals surface area contributed by atoms with E-state index in [0.717, 1.165) is 27.8 Å². The molecule has 30 heavy (non-hydrogen) atoms. The van der Waals surface area contributed by atoms with E-state index in [2.05, 4.69) is 39.8 Å². The van der Waals surface area contributed by atoms with Crippen LogP contribution in [0.3, 0.4) is 0 Å². The van der Waals surface area contributed by atoms with Crippen LogP contribution in [0.1, 0.15) is 18.5 Å². The van der Waals surface area contributed by atoms with E-state index in [1.165, 1.54) is 11.8 Å². The van der Waals surface area contributed by atoms with Crippen LogP contribution >= 0.6 is 11.8 Å². The molecule has 0 saturated carbocycles. The highest BCUT2D eigenvalue weighted by atomic mass is 32.2. The normalized spacial score (nSPS) is 11.9. The predicted octanol–water partition coefficient (Wildman–Crippen LogP) is 4.40. The van der Waals surface area contributed by atoms with E-state index in [1.807, 2.05) is 54.0 Å². The van der Waals surface area contributed by atoms with Crippen LogP contribution in [0.2, 0.25) is 0 Å². The molecule has 0 aliphatic rings. The molecule has 0 radical (unpaired) electrons. The molecule has 1 N–H and O–H groups in total. The van der Waals surface area contributed by atoms with Gasteiger partial charge in [0.2, 0.25) is 5.91 Å². The summed E-state index contributed by atoms with van der Waals surface area (Å²) in [5.41, 5.74) is 2.01. The minimum atomic E-state index is -0.0938. The van der Waals surface area contributed by atoms with Gasteiger partial charge in [0.25, 0.3) is 0 Å². The Morgan fingerprint density at radius 3 is 2.67 bits per heavy atom. The second-order valence-electron chi connectivity index (χ2n) is 6.83. The molecule has 0 fully saturated rings. The lowest BCUT2D eigenvalue weighted by Gasteiger charge is -2.16. The fraction of sp³-hybridized carbons (Fsp3) is 0.174. The number of thioether (sulfide) groups is 1. The van der Waals surface area contributed by atoms with E-state index >= 15 is 0 Å². The number of benzene rings is 3. The van der Waals surface area contributed by atoms with Gasteiger partial charge in [0.1, 0.15) is 12.1 Å². The van der Waals surface area contributed by atoms with Crippen LogP contribution in [0, 0.1) is 0 Å². The summed E-state index contributed by atoms with van der Waals surface area (Å²) >= 11 is 1.35. The van der Waals surface area contributed by atoms with E-state index in [4.69, 9.17) is 4.74 Å². The molecule has 4 rings (SSSR count). The number of amides is 1. The number of carbonyl (C=O) groups is 1. The molecule has 0 bridgehead atoms. The van der Waals surface area contributed by atoms with Crippen molar-refractivity contribution in [3.05, 3.63) is 78.6 Å². The van der Waals surface area contributed by atoms with Gasteiger partial charge in [-0.2, -0.15) is 0 Å². The molecule has 3 aromatic carbocycles. The number of rotatable bonds is 7. The summed E-state index contributed by atoms with van der Waals surface area (Å²) in [5.74, 6) is 0.983. The molecule has 1 atom stereocenters. The van der Waals surface area contributed by atoms with Gasteiger partial charge in [-0.05, 0) is 47.5 Å². The third kappa shape index (κ3) is 4.31. The van der Waals surface area contributed by atoms with Crippen molar-refractivity contribution in [3.63, 3.8) is 0 Å². The van der Waals surface area contributed by atoms with E-state index < -0.39 is 0 Å². The maximum atomic E-state index is 12.6. The molecule has 7 heteroatoms. The Morgan fingerprint density at radius 2 is 1.87 bits per heavy atom. The van der Waals surface area contributed by atoms with Crippen LogP contribution in [0.15, 0.2) is 78.2 Å². The van der Waals surface area contributed by atoms with Crippen LogP contribution in [-0.2, 0) is 4.79 Å². The molecule has 1 heterocycles. The predicted molar refractivity (Wildman–Crippen MR) is 119 cm³/mol. The molecule has 0 saturated heterocycles. The largest absolute Gasteiger partial charge is 0.497 e. The average Bonchev–Trinajstić information content (AvgIpc) is 3.26. The van der Waals surface area contributed by atoms with Crippen LogP contribution in [0.5, 0.6) is 5.75 Å². The molecule has 0 aliphatic carbocycles. The Hall–Kier alpha value is -3.32. The van der Waals surface area contributed by atoms with Crippen LogP contribution in [-0.4, -0.2) is 33.5 Å². The highest BCUT2D eigenvalue weighted by molar-refractivity contribution is 7.99. The van der Waals surface area contributed by atoms with Crippen molar-refractivity contribution in [1.29, 1.82) is 0 Å². The van der Waals surface area contributed by atoms with E-state index in [9.17, 15) is 4.79 Å². The highest BCUT2D eigenvalue weighted by Crippen LogP contribution is 2.25. The van der Waals surface area contributed by atoms with Crippen LogP contribution in [0.4, 0.5) is 0 Å². The van der Waals surface area contributed by atoms with E-state index in [0.29, 0.717) is 5.16 Å². The molecule has 152 valence electrons. The third-order valence-corrected chi connectivity index (χ3v) is 5.81. The minimum Gasteiger partial charge on any atom is -0.497 e. The van der Waals surface area contributed by atoms with Crippen molar-refractivity contribution in [2.24, 2.45) is 0 Å². The topological polar surface area (TPSA) is 69.0 Å². The Bertz CT molecular complexity index is 1150. The van der Waals surface area contributed by atoms with Gasteiger partial charge in [-0.3, -0.25) is 9.36 Å². The maximum Gasteiger partial charge on any atom is 0.230 e. The summed E-state index contributed by atoms with van der Waals surface area (Å²) in [7, 11) is 1.63. The van der Waals surface area contributed by atoms with E-state index in [-0.39, 0.29) is 17.7 Å². The summed E-state index contributed by atoms with van der Waals surface area (Å²) in [5, 5.41) is 14.2. The average molecular weight is 419 g/mol. The van der Waals surface area contributed by atoms with Crippen molar-refractivity contribution in [2.75, 3.05) is 12.9 Å². The standard InChI is InChI=1S/C23H22N4O2S/c1-16(20-9-5-7-17-6-3-4-8-21(17)20)25-22(28)14-30-23-26-24-15-27(23)18-10-12-19(29-2)13-11-18/h3-13,15-16H,14H2,1-2H3,(H,25,28)/t16-/m0/s1. The minimum absolute atomic E-state index is 0.0512. The zero-order chi connectivity index (χ0) is 20.9. The summed E-state index contributed by atoms with van der Waals surface area (Å²) in [6, 6.07) is 21.9. The van der Waals surface area contributed by atoms with Crippen molar-refractivity contribution in [1.82, 2.24) is 20.1 Å². The first-order valence-corrected chi connectivity index (χ1v) is 10.6. The Balaban J connectivity index is 1.41. The quantitative estimate of drug-likeness (QED) is 0.451. The summed E-state index contributed by atoms with van der Waals surface area (Å²) in [4.78, 5) is 12.6. The van der Waals surface area contributed by atoms with Gasteiger partial charge in [0, 0.05) is 5.69 Å². The molecular weight excluding hydrogens is 396 g/mol. The lowest BCUT2D eigenvalue weighted by atomic mass is 10.00. The number of aromatic nitrogens is 3. The Kier molecular flexibility index (Phi) is 5.99. The van der Waals surface area contributed by atoms with Gasteiger partial charge < -0.3 is 10.1 Å². The Morgan fingerprint density at radius 1 is 1.10 bits per heavy atom. The van der Waals surface area contributed by atoms with E-state index in [1.54, 1.807) is 13.4 Å². The van der Waals surface area contributed by atoms with Gasteiger partial charge in [-0.25, -0.2) is 0 Å². The zero-order valence-corrected chi connectivity index (χ0v) is 17.6. The molecule has 0 unspecified atom stereocenters. The van der Waals surface area contributed by atoms with Gasteiger partial charge in [0.15, 0.2) is 5.16 Å². The van der Waals surface area contributed by atoms with Gasteiger partial charge in [-0.1, -0.05) is 54.2 Å². The molecule has 4 aromatic rings. The lowest BCUT2D eigenvalue weighted by molar-refractivity contribution is -0.119. The third-order valence-electron chi connectivity index (χ3n) is 4.87. The van der Waals surface area contributed by atoms with Gasteiger partial charge >= 0.3 is 0 Å². The first-order chi connectivity index (χ1) is 14.7.